The molecule has 1 aromatic heterocycles. The van der Waals surface area contributed by atoms with Gasteiger partial charge < -0.3 is 9.88 Å². The summed E-state index contributed by atoms with van der Waals surface area (Å²) in [6, 6.07) is 20.9. The number of carbonyl (C=O) groups is 1. The highest BCUT2D eigenvalue weighted by molar-refractivity contribution is 6.09. The standard InChI is InChI=1S/C25H24FN3O/c26-20-5-3-4-18(16-20)10-11-28-12-14-29(15-13-28)25(30)19-8-9-24-22(17-19)21-6-1-2-7-23(21)27-24/h1-9,16-17,27H,10-15H2. The number of fused-ring (bicyclic) bond motifs is 3. The Morgan fingerprint density at radius 2 is 1.67 bits per heavy atom. The molecule has 0 radical (unpaired) electrons. The van der Waals surface area contributed by atoms with Crippen molar-refractivity contribution in [2.24, 2.45) is 0 Å². The largest absolute Gasteiger partial charge is 0.355 e. The lowest BCUT2D eigenvalue weighted by Crippen LogP contribution is -2.49. The summed E-state index contributed by atoms with van der Waals surface area (Å²) < 4.78 is 13.3. The van der Waals surface area contributed by atoms with E-state index in [-0.39, 0.29) is 11.7 Å². The molecule has 0 saturated carbocycles. The SMILES string of the molecule is O=C(c1ccc2[nH]c3ccccc3c2c1)N1CCN(CCc2cccc(F)c2)CC1. The minimum absolute atomic E-state index is 0.0898. The number of hydrogen-bond acceptors (Lipinski definition) is 2. The van der Waals surface area contributed by atoms with Crippen molar-refractivity contribution in [2.75, 3.05) is 32.7 Å². The number of halogens is 1. The predicted octanol–water partition coefficient (Wildman–Crippen LogP) is 4.46. The molecular formula is C25H24FN3O. The van der Waals surface area contributed by atoms with Gasteiger partial charge >= 0.3 is 0 Å². The molecule has 4 nitrogen and oxygen atoms in total. The third kappa shape index (κ3) is 3.68. The highest BCUT2D eigenvalue weighted by Gasteiger charge is 2.22. The molecule has 0 atom stereocenters. The highest BCUT2D eigenvalue weighted by atomic mass is 19.1. The van der Waals surface area contributed by atoms with E-state index in [0.717, 1.165) is 59.0 Å². The van der Waals surface area contributed by atoms with E-state index < -0.39 is 0 Å². The Morgan fingerprint density at radius 1 is 0.867 bits per heavy atom. The van der Waals surface area contributed by atoms with Crippen molar-refractivity contribution in [3.8, 4) is 0 Å². The number of piperazine rings is 1. The number of H-pyrrole nitrogens is 1. The minimum Gasteiger partial charge on any atom is -0.355 e. The molecule has 152 valence electrons. The van der Waals surface area contributed by atoms with Crippen LogP contribution in [0.4, 0.5) is 4.39 Å². The van der Waals surface area contributed by atoms with E-state index in [1.807, 2.05) is 41.3 Å². The van der Waals surface area contributed by atoms with Gasteiger partial charge in [-0.25, -0.2) is 4.39 Å². The lowest BCUT2D eigenvalue weighted by Gasteiger charge is -2.34. The maximum atomic E-state index is 13.3. The summed E-state index contributed by atoms with van der Waals surface area (Å²) in [6.45, 7) is 4.00. The number of nitrogens with zero attached hydrogens (tertiary/aromatic N) is 2. The van der Waals surface area contributed by atoms with Crippen molar-refractivity contribution >= 4 is 27.7 Å². The van der Waals surface area contributed by atoms with Gasteiger partial charge in [0.25, 0.3) is 5.91 Å². The van der Waals surface area contributed by atoms with Gasteiger partial charge in [0.1, 0.15) is 5.82 Å². The van der Waals surface area contributed by atoms with Crippen LogP contribution in [0.3, 0.4) is 0 Å². The first-order chi connectivity index (χ1) is 14.7. The van der Waals surface area contributed by atoms with Gasteiger partial charge in [-0.3, -0.25) is 9.69 Å². The molecule has 1 N–H and O–H groups in total. The van der Waals surface area contributed by atoms with Crippen molar-refractivity contribution in [1.82, 2.24) is 14.8 Å². The van der Waals surface area contributed by atoms with Gasteiger partial charge in [0.15, 0.2) is 0 Å². The van der Waals surface area contributed by atoms with Crippen LogP contribution in [0.5, 0.6) is 0 Å². The summed E-state index contributed by atoms with van der Waals surface area (Å²) in [5, 5.41) is 2.23. The van der Waals surface area contributed by atoms with Crippen molar-refractivity contribution in [3.05, 3.63) is 83.7 Å². The molecule has 0 spiro atoms. The molecule has 0 aliphatic carbocycles. The number of carbonyl (C=O) groups excluding carboxylic acids is 1. The Morgan fingerprint density at radius 3 is 2.50 bits per heavy atom. The fourth-order valence-corrected chi connectivity index (χ4v) is 4.32. The lowest BCUT2D eigenvalue weighted by atomic mass is 10.1. The summed E-state index contributed by atoms with van der Waals surface area (Å²) >= 11 is 0. The number of para-hydroxylation sites is 1. The van der Waals surface area contributed by atoms with Crippen LogP contribution in [0.15, 0.2) is 66.7 Å². The van der Waals surface area contributed by atoms with Crippen LogP contribution < -0.4 is 0 Å². The molecule has 5 rings (SSSR count). The van der Waals surface area contributed by atoms with Gasteiger partial charge in [-0.15, -0.1) is 0 Å². The zero-order valence-corrected chi connectivity index (χ0v) is 16.8. The molecule has 1 amide bonds. The number of amides is 1. The second-order valence-corrected chi connectivity index (χ2v) is 7.94. The van der Waals surface area contributed by atoms with Gasteiger partial charge in [0.2, 0.25) is 0 Å². The van der Waals surface area contributed by atoms with Crippen molar-refractivity contribution in [2.45, 2.75) is 6.42 Å². The van der Waals surface area contributed by atoms with E-state index in [0.29, 0.717) is 13.1 Å². The number of aromatic amines is 1. The molecule has 0 bridgehead atoms. The first-order valence-electron chi connectivity index (χ1n) is 10.4. The highest BCUT2D eigenvalue weighted by Crippen LogP contribution is 2.26. The van der Waals surface area contributed by atoms with Gasteiger partial charge in [-0.05, 0) is 48.4 Å². The van der Waals surface area contributed by atoms with Crippen molar-refractivity contribution in [3.63, 3.8) is 0 Å². The van der Waals surface area contributed by atoms with Crippen LogP contribution in [0.1, 0.15) is 15.9 Å². The van der Waals surface area contributed by atoms with E-state index in [1.165, 1.54) is 6.07 Å². The lowest BCUT2D eigenvalue weighted by molar-refractivity contribution is 0.0638. The number of hydrogen-bond donors (Lipinski definition) is 1. The van der Waals surface area contributed by atoms with Gasteiger partial charge in [0, 0.05) is 60.1 Å². The Labute approximate surface area is 174 Å². The Kier molecular flexibility index (Phi) is 4.97. The smallest absolute Gasteiger partial charge is 0.253 e. The second kappa shape index (κ2) is 7.92. The summed E-state index contributed by atoms with van der Waals surface area (Å²) in [4.78, 5) is 20.8. The number of benzene rings is 3. The maximum absolute atomic E-state index is 13.3. The topological polar surface area (TPSA) is 39.3 Å². The quantitative estimate of drug-likeness (QED) is 0.548. The number of aromatic nitrogens is 1. The Balaban J connectivity index is 1.24. The second-order valence-electron chi connectivity index (χ2n) is 7.94. The molecule has 1 aliphatic rings. The zero-order chi connectivity index (χ0) is 20.5. The van der Waals surface area contributed by atoms with Crippen LogP contribution in [0.25, 0.3) is 21.8 Å². The zero-order valence-electron chi connectivity index (χ0n) is 16.8. The third-order valence-electron chi connectivity index (χ3n) is 6.02. The fourth-order valence-electron chi connectivity index (χ4n) is 4.32. The summed E-state index contributed by atoms with van der Waals surface area (Å²) in [5.41, 5.74) is 3.89. The van der Waals surface area contributed by atoms with Crippen LogP contribution in [0, 0.1) is 5.82 Å². The van der Waals surface area contributed by atoms with Crippen LogP contribution in [-0.2, 0) is 6.42 Å². The monoisotopic (exact) mass is 401 g/mol. The molecule has 1 aliphatic heterocycles. The molecule has 30 heavy (non-hydrogen) atoms. The molecule has 3 aromatic carbocycles. The Hall–Kier alpha value is -3.18. The van der Waals surface area contributed by atoms with E-state index in [1.54, 1.807) is 12.1 Å². The average Bonchev–Trinajstić information content (AvgIpc) is 3.15. The predicted molar refractivity (Wildman–Crippen MR) is 118 cm³/mol. The number of nitrogens with one attached hydrogen (secondary N) is 1. The molecular weight excluding hydrogens is 377 g/mol. The van der Waals surface area contributed by atoms with E-state index in [2.05, 4.69) is 22.0 Å². The maximum Gasteiger partial charge on any atom is 0.253 e. The van der Waals surface area contributed by atoms with Crippen molar-refractivity contribution in [1.29, 1.82) is 0 Å². The minimum atomic E-state index is -0.185. The van der Waals surface area contributed by atoms with Gasteiger partial charge in [0.05, 0.1) is 0 Å². The molecule has 0 unspecified atom stereocenters. The van der Waals surface area contributed by atoms with Crippen LogP contribution in [-0.4, -0.2) is 53.4 Å². The summed E-state index contributed by atoms with van der Waals surface area (Å²) in [5.74, 6) is -0.0953. The molecule has 2 heterocycles. The van der Waals surface area contributed by atoms with Gasteiger partial charge in [-0.2, -0.15) is 0 Å². The van der Waals surface area contributed by atoms with Crippen LogP contribution in [0.2, 0.25) is 0 Å². The first-order valence-corrected chi connectivity index (χ1v) is 10.4. The molecule has 1 fully saturated rings. The summed E-state index contributed by atoms with van der Waals surface area (Å²) in [7, 11) is 0. The first kappa shape index (κ1) is 18.8. The summed E-state index contributed by atoms with van der Waals surface area (Å²) in [6.07, 6.45) is 0.822. The Bertz CT molecular complexity index is 1210. The van der Waals surface area contributed by atoms with Crippen molar-refractivity contribution < 1.29 is 9.18 Å². The van der Waals surface area contributed by atoms with Crippen LogP contribution >= 0.6 is 0 Å². The average molecular weight is 401 g/mol. The molecule has 1 saturated heterocycles. The molecule has 4 aromatic rings. The van der Waals surface area contributed by atoms with E-state index in [9.17, 15) is 9.18 Å². The third-order valence-corrected chi connectivity index (χ3v) is 6.02. The van der Waals surface area contributed by atoms with E-state index in [4.69, 9.17) is 0 Å². The molecule has 5 heteroatoms. The van der Waals surface area contributed by atoms with Gasteiger partial charge in [-0.1, -0.05) is 30.3 Å². The fraction of sp³-hybridized carbons (Fsp3) is 0.240. The normalized spacial score (nSPS) is 15.2. The van der Waals surface area contributed by atoms with E-state index >= 15 is 0 Å². The number of rotatable bonds is 4.